The Morgan fingerprint density at radius 1 is 1.19 bits per heavy atom. The van der Waals surface area contributed by atoms with Crippen LogP contribution < -0.4 is 10.6 Å². The maximum Gasteiger partial charge on any atom is 0.229 e. The van der Waals surface area contributed by atoms with Crippen molar-refractivity contribution in [1.29, 1.82) is 0 Å². The smallest absolute Gasteiger partial charge is 0.229 e. The van der Waals surface area contributed by atoms with Crippen LogP contribution in [0.2, 0.25) is 0 Å². The van der Waals surface area contributed by atoms with Gasteiger partial charge in [0, 0.05) is 36.3 Å². The predicted molar refractivity (Wildman–Crippen MR) is 83.4 cm³/mol. The normalized spacial score (nSPS) is 16.6. The standard InChI is InChI=1S/C16H22N4O/c1-11(2)15-18-16(21-19-15)12-7-9-20(10-8-12)14-5-3-13(17)4-6-14/h3-6,11-12H,7-10,17H2,1-2H3. The Hall–Kier alpha value is -2.04. The summed E-state index contributed by atoms with van der Waals surface area (Å²) < 4.78 is 5.43. The number of nitrogen functional groups attached to an aromatic ring is 1. The maximum absolute atomic E-state index is 5.73. The number of hydrogen-bond donors (Lipinski definition) is 1. The molecule has 5 heteroatoms. The largest absolute Gasteiger partial charge is 0.399 e. The molecule has 2 N–H and O–H groups in total. The molecule has 1 fully saturated rings. The molecule has 1 aromatic heterocycles. The molecule has 1 aromatic carbocycles. The van der Waals surface area contributed by atoms with E-state index in [1.54, 1.807) is 0 Å². The second kappa shape index (κ2) is 5.76. The highest BCUT2D eigenvalue weighted by Gasteiger charge is 2.25. The van der Waals surface area contributed by atoms with Crippen LogP contribution in [0.1, 0.15) is 50.2 Å². The minimum Gasteiger partial charge on any atom is -0.399 e. The summed E-state index contributed by atoms with van der Waals surface area (Å²) in [5.74, 6) is 2.31. The van der Waals surface area contributed by atoms with E-state index in [4.69, 9.17) is 10.3 Å². The van der Waals surface area contributed by atoms with E-state index in [2.05, 4.69) is 41.0 Å². The van der Waals surface area contributed by atoms with Gasteiger partial charge in [-0.2, -0.15) is 4.98 Å². The molecule has 0 radical (unpaired) electrons. The molecule has 1 saturated heterocycles. The fourth-order valence-electron chi connectivity index (χ4n) is 2.72. The third kappa shape index (κ3) is 3.01. The molecule has 21 heavy (non-hydrogen) atoms. The van der Waals surface area contributed by atoms with Crippen LogP contribution in [-0.4, -0.2) is 23.2 Å². The highest BCUT2D eigenvalue weighted by molar-refractivity contribution is 5.53. The molecule has 1 aliphatic rings. The quantitative estimate of drug-likeness (QED) is 0.878. The van der Waals surface area contributed by atoms with Crippen molar-refractivity contribution >= 4 is 11.4 Å². The number of nitrogens with zero attached hydrogens (tertiary/aromatic N) is 3. The molecule has 0 aliphatic carbocycles. The number of aromatic nitrogens is 2. The van der Waals surface area contributed by atoms with Crippen molar-refractivity contribution in [2.24, 2.45) is 0 Å². The van der Waals surface area contributed by atoms with Crippen molar-refractivity contribution in [2.75, 3.05) is 23.7 Å². The topological polar surface area (TPSA) is 68.2 Å². The van der Waals surface area contributed by atoms with E-state index in [1.807, 2.05) is 12.1 Å². The first kappa shape index (κ1) is 13.9. The maximum atomic E-state index is 5.73. The third-order valence-corrected chi connectivity index (χ3v) is 4.08. The monoisotopic (exact) mass is 286 g/mol. The fraction of sp³-hybridized carbons (Fsp3) is 0.500. The van der Waals surface area contributed by atoms with E-state index in [-0.39, 0.29) is 0 Å². The van der Waals surface area contributed by atoms with E-state index in [0.717, 1.165) is 43.3 Å². The molecule has 1 aliphatic heterocycles. The molecule has 2 heterocycles. The summed E-state index contributed by atoms with van der Waals surface area (Å²) in [4.78, 5) is 6.91. The van der Waals surface area contributed by atoms with Crippen LogP contribution in [0.5, 0.6) is 0 Å². The molecule has 112 valence electrons. The van der Waals surface area contributed by atoms with Gasteiger partial charge >= 0.3 is 0 Å². The SMILES string of the molecule is CC(C)c1noc(C2CCN(c3ccc(N)cc3)CC2)n1. The van der Waals surface area contributed by atoms with Gasteiger partial charge in [-0.3, -0.25) is 0 Å². The van der Waals surface area contributed by atoms with E-state index in [9.17, 15) is 0 Å². The van der Waals surface area contributed by atoms with E-state index in [1.165, 1.54) is 5.69 Å². The van der Waals surface area contributed by atoms with Gasteiger partial charge in [0.05, 0.1) is 0 Å². The highest BCUT2D eigenvalue weighted by Crippen LogP contribution is 2.30. The van der Waals surface area contributed by atoms with Crippen molar-refractivity contribution in [3.63, 3.8) is 0 Å². The van der Waals surface area contributed by atoms with Gasteiger partial charge in [0.1, 0.15) is 0 Å². The molecule has 0 amide bonds. The van der Waals surface area contributed by atoms with Crippen molar-refractivity contribution in [1.82, 2.24) is 10.1 Å². The van der Waals surface area contributed by atoms with Crippen molar-refractivity contribution in [3.8, 4) is 0 Å². The minimum atomic E-state index is 0.317. The number of hydrogen-bond acceptors (Lipinski definition) is 5. The summed E-state index contributed by atoms with van der Waals surface area (Å²) in [6.07, 6.45) is 2.09. The fourth-order valence-corrected chi connectivity index (χ4v) is 2.72. The summed E-state index contributed by atoms with van der Waals surface area (Å²) >= 11 is 0. The number of nitrogens with two attached hydrogens (primary N) is 1. The van der Waals surface area contributed by atoms with Crippen LogP contribution in [0, 0.1) is 0 Å². The second-order valence-corrected chi connectivity index (χ2v) is 6.00. The molecule has 2 aromatic rings. The highest BCUT2D eigenvalue weighted by atomic mass is 16.5. The Labute approximate surface area is 125 Å². The predicted octanol–water partition coefficient (Wildman–Crippen LogP) is 3.16. The molecule has 0 saturated carbocycles. The summed E-state index contributed by atoms with van der Waals surface area (Å²) in [6.45, 7) is 6.18. The first-order valence-electron chi connectivity index (χ1n) is 7.57. The van der Waals surface area contributed by atoms with Crippen molar-refractivity contribution in [2.45, 2.75) is 38.5 Å². The number of benzene rings is 1. The lowest BCUT2D eigenvalue weighted by molar-refractivity contribution is 0.326. The van der Waals surface area contributed by atoms with Crippen LogP contribution in [0.4, 0.5) is 11.4 Å². The lowest BCUT2D eigenvalue weighted by atomic mass is 9.96. The Bertz CT molecular complexity index is 583. The van der Waals surface area contributed by atoms with Gasteiger partial charge in [-0.25, -0.2) is 0 Å². The molecule has 0 spiro atoms. The minimum absolute atomic E-state index is 0.317. The van der Waals surface area contributed by atoms with Gasteiger partial charge < -0.3 is 15.2 Å². The van der Waals surface area contributed by atoms with Crippen LogP contribution in [-0.2, 0) is 0 Å². The lowest BCUT2D eigenvalue weighted by Gasteiger charge is -2.32. The van der Waals surface area contributed by atoms with E-state index < -0.39 is 0 Å². The number of anilines is 2. The zero-order valence-corrected chi connectivity index (χ0v) is 12.6. The zero-order chi connectivity index (χ0) is 14.8. The van der Waals surface area contributed by atoms with Gasteiger partial charge in [0.25, 0.3) is 0 Å². The van der Waals surface area contributed by atoms with Gasteiger partial charge in [0.2, 0.25) is 5.89 Å². The van der Waals surface area contributed by atoms with Gasteiger partial charge in [0.15, 0.2) is 5.82 Å². The Balaban J connectivity index is 1.63. The summed E-state index contributed by atoms with van der Waals surface area (Å²) in [7, 11) is 0. The van der Waals surface area contributed by atoms with Gasteiger partial charge in [-0.15, -0.1) is 0 Å². The average Bonchev–Trinajstić information content (AvgIpc) is 2.98. The van der Waals surface area contributed by atoms with Crippen LogP contribution >= 0.6 is 0 Å². The third-order valence-electron chi connectivity index (χ3n) is 4.08. The van der Waals surface area contributed by atoms with Crippen molar-refractivity contribution < 1.29 is 4.52 Å². The van der Waals surface area contributed by atoms with E-state index in [0.29, 0.717) is 11.8 Å². The van der Waals surface area contributed by atoms with E-state index >= 15 is 0 Å². The second-order valence-electron chi connectivity index (χ2n) is 6.00. The first-order valence-corrected chi connectivity index (χ1v) is 7.57. The Morgan fingerprint density at radius 2 is 1.86 bits per heavy atom. The molecule has 5 nitrogen and oxygen atoms in total. The lowest BCUT2D eigenvalue weighted by Crippen LogP contribution is -2.32. The summed E-state index contributed by atoms with van der Waals surface area (Å²) in [6, 6.07) is 8.07. The zero-order valence-electron chi connectivity index (χ0n) is 12.6. The molecular weight excluding hydrogens is 264 g/mol. The van der Waals surface area contributed by atoms with Gasteiger partial charge in [-0.1, -0.05) is 19.0 Å². The number of piperidine rings is 1. The molecule has 0 unspecified atom stereocenters. The molecule has 3 rings (SSSR count). The Kier molecular flexibility index (Phi) is 3.82. The number of rotatable bonds is 3. The Morgan fingerprint density at radius 3 is 2.43 bits per heavy atom. The molecular formula is C16H22N4O. The first-order chi connectivity index (χ1) is 10.1. The van der Waals surface area contributed by atoms with Crippen LogP contribution in [0.15, 0.2) is 28.8 Å². The van der Waals surface area contributed by atoms with Crippen LogP contribution in [0.3, 0.4) is 0 Å². The molecule has 0 atom stereocenters. The van der Waals surface area contributed by atoms with Crippen molar-refractivity contribution in [3.05, 3.63) is 36.0 Å². The summed E-state index contributed by atoms with van der Waals surface area (Å²) in [5, 5.41) is 4.06. The van der Waals surface area contributed by atoms with Crippen LogP contribution in [0.25, 0.3) is 0 Å². The summed E-state index contributed by atoms with van der Waals surface area (Å²) in [5.41, 5.74) is 7.77. The average molecular weight is 286 g/mol. The molecule has 0 bridgehead atoms. The van der Waals surface area contributed by atoms with Gasteiger partial charge in [-0.05, 0) is 37.1 Å².